The van der Waals surface area contributed by atoms with Crippen LogP contribution in [0.3, 0.4) is 0 Å². The third-order valence-corrected chi connectivity index (χ3v) is 9.58. The zero-order chi connectivity index (χ0) is 27.6. The number of hydrogen-bond acceptors (Lipinski definition) is 5. The molecule has 206 valence electrons. The Kier molecular flexibility index (Phi) is 8.59. The van der Waals surface area contributed by atoms with E-state index in [-0.39, 0.29) is 42.4 Å². The minimum absolute atomic E-state index is 0.106. The van der Waals surface area contributed by atoms with Gasteiger partial charge in [0.25, 0.3) is 0 Å². The number of primary amides is 1. The molecule has 0 bridgehead atoms. The topological polar surface area (TPSA) is 113 Å². The normalized spacial score (nSPS) is 21.4. The lowest BCUT2D eigenvalue weighted by Gasteiger charge is -2.44. The summed E-state index contributed by atoms with van der Waals surface area (Å²) in [6.45, 7) is 9.72. The number of hydrogen-bond donors (Lipinski definition) is 2. The fourth-order valence-corrected chi connectivity index (χ4v) is 7.11. The van der Waals surface area contributed by atoms with Crippen molar-refractivity contribution in [2.75, 3.05) is 19.6 Å². The average molecular weight is 541 g/mol. The number of aryl methyl sites for hydroxylation is 2. The number of benzene rings is 2. The van der Waals surface area contributed by atoms with Gasteiger partial charge in [-0.2, -0.15) is 4.31 Å². The zero-order valence-corrected chi connectivity index (χ0v) is 23.6. The molecule has 1 heterocycles. The van der Waals surface area contributed by atoms with Gasteiger partial charge in [0.05, 0.1) is 17.4 Å². The molecule has 0 saturated carbocycles. The Hall–Kier alpha value is -2.75. The van der Waals surface area contributed by atoms with Crippen molar-refractivity contribution < 1.29 is 18.0 Å². The van der Waals surface area contributed by atoms with Crippen molar-refractivity contribution in [2.45, 2.75) is 76.4 Å². The van der Waals surface area contributed by atoms with E-state index >= 15 is 0 Å². The molecule has 0 aromatic heterocycles. The monoisotopic (exact) mass is 540 g/mol. The van der Waals surface area contributed by atoms with E-state index in [9.17, 15) is 18.0 Å². The zero-order valence-electron chi connectivity index (χ0n) is 22.8. The van der Waals surface area contributed by atoms with Crippen molar-refractivity contribution in [3.63, 3.8) is 0 Å². The highest BCUT2D eigenvalue weighted by molar-refractivity contribution is 7.89. The minimum atomic E-state index is -3.98. The van der Waals surface area contributed by atoms with Crippen LogP contribution in [-0.2, 0) is 26.0 Å². The van der Waals surface area contributed by atoms with E-state index in [1.54, 1.807) is 17.0 Å². The summed E-state index contributed by atoms with van der Waals surface area (Å²) in [4.78, 5) is 27.7. The number of amides is 2. The van der Waals surface area contributed by atoms with Gasteiger partial charge in [-0.3, -0.25) is 9.59 Å². The molecule has 4 rings (SSSR count). The van der Waals surface area contributed by atoms with Crippen molar-refractivity contribution in [3.05, 3.63) is 64.7 Å². The molecular formula is C29H40N4O4S. The van der Waals surface area contributed by atoms with Crippen LogP contribution in [0.2, 0.25) is 0 Å². The molecule has 1 aliphatic carbocycles. The van der Waals surface area contributed by atoms with Gasteiger partial charge in [0.2, 0.25) is 21.8 Å². The van der Waals surface area contributed by atoms with Crippen LogP contribution in [0.4, 0.5) is 0 Å². The van der Waals surface area contributed by atoms with Crippen molar-refractivity contribution in [3.8, 4) is 0 Å². The number of fused-ring (bicyclic) bond motifs is 1. The van der Waals surface area contributed by atoms with E-state index < -0.39 is 22.0 Å². The number of sulfonamides is 1. The van der Waals surface area contributed by atoms with E-state index in [2.05, 4.69) is 44.3 Å². The summed E-state index contributed by atoms with van der Waals surface area (Å²) in [5, 5.41) is 3.58. The molecule has 9 heteroatoms. The highest BCUT2D eigenvalue weighted by Crippen LogP contribution is 2.38. The van der Waals surface area contributed by atoms with E-state index in [0.717, 1.165) is 41.2 Å². The Morgan fingerprint density at radius 3 is 2.47 bits per heavy atom. The SMILES string of the molecule is Cc1ccc(S(=O)(=O)N2CCN([C@@H]3CCCc4cc([C@@H](C)NCC(C)C)ccc43)C(=O)[C@H]2CC(N)=O)cc1. The van der Waals surface area contributed by atoms with Crippen LogP contribution in [0.25, 0.3) is 0 Å². The fourth-order valence-electron chi connectivity index (χ4n) is 5.54. The first-order valence-electron chi connectivity index (χ1n) is 13.5. The Bertz CT molecular complexity index is 1280. The van der Waals surface area contributed by atoms with Crippen molar-refractivity contribution in [1.29, 1.82) is 0 Å². The summed E-state index contributed by atoms with van der Waals surface area (Å²) in [6, 6.07) is 11.9. The molecule has 3 N–H and O–H groups in total. The third kappa shape index (κ3) is 5.95. The molecular weight excluding hydrogens is 500 g/mol. The highest BCUT2D eigenvalue weighted by Gasteiger charge is 2.45. The van der Waals surface area contributed by atoms with Gasteiger partial charge in [0.15, 0.2) is 0 Å². The molecule has 1 saturated heterocycles. The molecule has 2 aromatic rings. The first kappa shape index (κ1) is 28.3. The molecule has 1 fully saturated rings. The van der Waals surface area contributed by atoms with Gasteiger partial charge in [-0.1, -0.05) is 49.7 Å². The van der Waals surface area contributed by atoms with E-state index in [4.69, 9.17) is 5.73 Å². The largest absolute Gasteiger partial charge is 0.370 e. The van der Waals surface area contributed by atoms with Gasteiger partial charge < -0.3 is 16.0 Å². The minimum Gasteiger partial charge on any atom is -0.370 e. The Morgan fingerprint density at radius 2 is 1.82 bits per heavy atom. The molecule has 0 unspecified atom stereocenters. The van der Waals surface area contributed by atoms with Gasteiger partial charge >= 0.3 is 0 Å². The Balaban J connectivity index is 1.60. The van der Waals surface area contributed by atoms with Gasteiger partial charge in [-0.05, 0) is 74.4 Å². The smallest absolute Gasteiger partial charge is 0.243 e. The molecule has 38 heavy (non-hydrogen) atoms. The summed E-state index contributed by atoms with van der Waals surface area (Å²) < 4.78 is 28.2. The molecule has 2 aliphatic rings. The quantitative estimate of drug-likeness (QED) is 0.506. The van der Waals surface area contributed by atoms with Crippen LogP contribution in [0.5, 0.6) is 0 Å². The summed E-state index contributed by atoms with van der Waals surface area (Å²) in [7, 11) is -3.98. The number of piperazine rings is 1. The van der Waals surface area contributed by atoms with E-state index in [1.165, 1.54) is 23.3 Å². The maximum absolute atomic E-state index is 13.8. The van der Waals surface area contributed by atoms with Crippen LogP contribution < -0.4 is 11.1 Å². The number of nitrogens with one attached hydrogen (secondary N) is 1. The molecule has 0 spiro atoms. The van der Waals surface area contributed by atoms with Crippen molar-refractivity contribution in [1.82, 2.24) is 14.5 Å². The number of nitrogens with zero attached hydrogens (tertiary/aromatic N) is 2. The number of carbonyl (C=O) groups is 2. The second-order valence-electron chi connectivity index (χ2n) is 11.0. The molecule has 1 aliphatic heterocycles. The summed E-state index contributed by atoms with van der Waals surface area (Å²) >= 11 is 0. The first-order valence-corrected chi connectivity index (χ1v) is 15.0. The lowest BCUT2D eigenvalue weighted by atomic mass is 9.84. The molecule has 8 nitrogen and oxygen atoms in total. The van der Waals surface area contributed by atoms with Gasteiger partial charge in [0, 0.05) is 19.1 Å². The third-order valence-electron chi connectivity index (χ3n) is 7.66. The fraction of sp³-hybridized carbons (Fsp3) is 0.517. The van der Waals surface area contributed by atoms with Gasteiger partial charge in [0.1, 0.15) is 6.04 Å². The summed E-state index contributed by atoms with van der Waals surface area (Å²) in [5.41, 5.74) is 9.99. The molecule has 2 aromatic carbocycles. The summed E-state index contributed by atoms with van der Waals surface area (Å²) in [5.74, 6) is -0.502. The van der Waals surface area contributed by atoms with Crippen LogP contribution in [-0.4, -0.2) is 55.1 Å². The Morgan fingerprint density at radius 1 is 1.11 bits per heavy atom. The number of carbonyl (C=O) groups excluding carboxylic acids is 2. The second kappa shape index (κ2) is 11.6. The second-order valence-corrected chi connectivity index (χ2v) is 12.9. The number of nitrogens with two attached hydrogens (primary N) is 1. The average Bonchev–Trinajstić information content (AvgIpc) is 2.87. The Labute approximate surface area is 226 Å². The van der Waals surface area contributed by atoms with Gasteiger partial charge in [-0.25, -0.2) is 8.42 Å². The van der Waals surface area contributed by atoms with Crippen LogP contribution >= 0.6 is 0 Å². The van der Waals surface area contributed by atoms with Crippen molar-refractivity contribution in [2.24, 2.45) is 11.7 Å². The number of rotatable bonds is 9. The maximum atomic E-state index is 13.8. The molecule has 0 radical (unpaired) electrons. The summed E-state index contributed by atoms with van der Waals surface area (Å²) in [6.07, 6.45) is 2.33. The lowest BCUT2D eigenvalue weighted by Crippen LogP contribution is -2.60. The lowest BCUT2D eigenvalue weighted by molar-refractivity contribution is -0.144. The molecule has 3 atom stereocenters. The molecule has 2 amide bonds. The van der Waals surface area contributed by atoms with Crippen molar-refractivity contribution >= 4 is 21.8 Å². The predicted octanol–water partition coefficient (Wildman–Crippen LogP) is 3.46. The van der Waals surface area contributed by atoms with Crippen LogP contribution in [0, 0.1) is 12.8 Å². The van der Waals surface area contributed by atoms with E-state index in [0.29, 0.717) is 5.92 Å². The van der Waals surface area contributed by atoms with Crippen LogP contribution in [0.1, 0.15) is 74.4 Å². The standard InChI is InChI=1S/C29H40N4O4S/c1-19(2)18-31-21(4)22-10-13-25-23(16-22)6-5-7-26(25)32-14-15-33(27(29(32)35)17-28(30)34)38(36,37)24-11-8-20(3)9-12-24/h8-13,16,19,21,26-27,31H,5-7,14-15,17-18H2,1-4H3,(H2,30,34)/t21-,26-,27-/m1/s1. The predicted molar refractivity (Wildman–Crippen MR) is 148 cm³/mol. The van der Waals surface area contributed by atoms with Gasteiger partial charge in [-0.15, -0.1) is 0 Å². The van der Waals surface area contributed by atoms with Crippen LogP contribution in [0.15, 0.2) is 47.4 Å². The van der Waals surface area contributed by atoms with E-state index in [1.807, 2.05) is 6.92 Å². The maximum Gasteiger partial charge on any atom is 0.243 e. The highest BCUT2D eigenvalue weighted by atomic mass is 32.2. The first-order chi connectivity index (χ1) is 18.0.